The van der Waals surface area contributed by atoms with Crippen molar-refractivity contribution < 1.29 is 18.8 Å². The van der Waals surface area contributed by atoms with Crippen molar-refractivity contribution in [3.8, 4) is 11.4 Å². The molecule has 2 aromatic carbocycles. The lowest BCUT2D eigenvalue weighted by atomic mass is 10.0. The van der Waals surface area contributed by atoms with Gasteiger partial charge in [0.1, 0.15) is 23.1 Å². The number of rotatable bonds is 6. The van der Waals surface area contributed by atoms with Gasteiger partial charge >= 0.3 is 0 Å². The first-order chi connectivity index (χ1) is 24.9. The van der Waals surface area contributed by atoms with E-state index in [2.05, 4.69) is 19.7 Å². The Kier molecular flexibility index (Phi) is 7.63. The molecule has 7 heterocycles. The zero-order chi connectivity index (χ0) is 34.6. The van der Waals surface area contributed by atoms with Gasteiger partial charge in [0.25, 0.3) is 5.91 Å². The van der Waals surface area contributed by atoms with E-state index >= 15 is 0 Å². The third-order valence-corrected chi connectivity index (χ3v) is 10.5. The van der Waals surface area contributed by atoms with Crippen LogP contribution in [0.5, 0.6) is 0 Å². The minimum absolute atomic E-state index is 0.0580. The molecule has 0 unspecified atom stereocenters. The van der Waals surface area contributed by atoms with Crippen LogP contribution < -0.4 is 14.7 Å². The second-order valence-electron chi connectivity index (χ2n) is 13.5. The van der Waals surface area contributed by atoms with E-state index in [9.17, 15) is 18.8 Å². The lowest BCUT2D eigenvalue weighted by Gasteiger charge is -2.37. The lowest BCUT2D eigenvalue weighted by Crippen LogP contribution is -2.51. The molecular weight excluding hydrogens is 649 g/mol. The fraction of sp³-hybridized carbons (Fsp3) is 0.316. The number of piperidine rings is 1. The van der Waals surface area contributed by atoms with Crippen molar-refractivity contribution in [3.05, 3.63) is 102 Å². The summed E-state index contributed by atoms with van der Waals surface area (Å²) in [5.74, 6) is 0.515. The zero-order valence-corrected chi connectivity index (χ0v) is 28.0. The molecule has 0 bridgehead atoms. The summed E-state index contributed by atoms with van der Waals surface area (Å²) in [6, 6.07) is 22.6. The van der Waals surface area contributed by atoms with E-state index in [4.69, 9.17) is 10.1 Å². The average Bonchev–Trinajstić information content (AvgIpc) is 3.89. The van der Waals surface area contributed by atoms with Gasteiger partial charge in [0.05, 0.1) is 24.5 Å². The molecule has 51 heavy (non-hydrogen) atoms. The van der Waals surface area contributed by atoms with Crippen molar-refractivity contribution in [2.45, 2.75) is 44.7 Å². The number of carbonyl (C=O) groups excluding carboxylic acids is 3. The lowest BCUT2D eigenvalue weighted by molar-refractivity contribution is -0.163. The molecule has 0 spiro atoms. The molecule has 0 N–H and O–H groups in total. The number of imidazole rings is 1. The molecule has 258 valence electrons. The van der Waals surface area contributed by atoms with Gasteiger partial charge in [-0.15, -0.1) is 5.10 Å². The number of benzene rings is 2. The predicted molar refractivity (Wildman–Crippen MR) is 188 cm³/mol. The maximum Gasteiger partial charge on any atom is 0.273 e. The summed E-state index contributed by atoms with van der Waals surface area (Å²) in [4.78, 5) is 54.6. The second kappa shape index (κ2) is 12.5. The van der Waals surface area contributed by atoms with Gasteiger partial charge in [0.15, 0.2) is 5.65 Å². The normalized spacial score (nSPS) is 19.5. The first-order valence-corrected chi connectivity index (χ1v) is 17.6. The van der Waals surface area contributed by atoms with Crippen molar-refractivity contribution in [2.24, 2.45) is 0 Å². The van der Waals surface area contributed by atoms with E-state index < -0.39 is 0 Å². The summed E-state index contributed by atoms with van der Waals surface area (Å²) in [5.41, 5.74) is 5.61. The molecule has 3 aromatic heterocycles. The Morgan fingerprint density at radius 1 is 0.765 bits per heavy atom. The summed E-state index contributed by atoms with van der Waals surface area (Å²) >= 11 is 0. The number of nitrogens with zero attached hydrogens (tertiary/aromatic N) is 9. The van der Waals surface area contributed by atoms with E-state index in [0.29, 0.717) is 12.0 Å². The number of aromatic nitrogens is 4. The molecule has 1 atom stereocenters. The van der Waals surface area contributed by atoms with Gasteiger partial charge in [-0.25, -0.2) is 23.9 Å². The molecule has 9 rings (SSSR count). The fourth-order valence-electron chi connectivity index (χ4n) is 7.89. The van der Waals surface area contributed by atoms with Crippen LogP contribution in [0.1, 0.15) is 59.6 Å². The van der Waals surface area contributed by atoms with Crippen molar-refractivity contribution in [2.75, 3.05) is 47.4 Å². The number of pyridine rings is 1. The maximum absolute atomic E-state index is 14.1. The smallest absolute Gasteiger partial charge is 0.273 e. The number of hydrogen-bond acceptors (Lipinski definition) is 9. The summed E-state index contributed by atoms with van der Waals surface area (Å²) in [5, 5.41) is 7.36. The Balaban J connectivity index is 0.902. The average molecular weight is 686 g/mol. The van der Waals surface area contributed by atoms with E-state index in [1.807, 2.05) is 59.1 Å². The van der Waals surface area contributed by atoms with Crippen molar-refractivity contribution >= 4 is 40.7 Å². The van der Waals surface area contributed by atoms with Gasteiger partial charge in [0.2, 0.25) is 11.8 Å². The van der Waals surface area contributed by atoms with Gasteiger partial charge in [-0.1, -0.05) is 18.2 Å². The molecule has 4 aliphatic heterocycles. The molecular formula is C38H36FN9O3. The summed E-state index contributed by atoms with van der Waals surface area (Å²) in [6.07, 6.45) is 4.81. The fourth-order valence-corrected chi connectivity index (χ4v) is 7.89. The number of anilines is 3. The van der Waals surface area contributed by atoms with Gasteiger partial charge < -0.3 is 14.7 Å². The second-order valence-corrected chi connectivity index (χ2v) is 13.5. The number of fused-ring (bicyclic) bond motifs is 2. The number of hydrazine groups is 1. The number of hydrogen-bond donors (Lipinski definition) is 0. The Hall–Kier alpha value is -5.85. The monoisotopic (exact) mass is 685 g/mol. The minimum Gasteiger partial charge on any atom is -0.368 e. The predicted octanol–water partition coefficient (Wildman–Crippen LogP) is 5.01. The van der Waals surface area contributed by atoms with Crippen molar-refractivity contribution in [3.63, 3.8) is 0 Å². The zero-order valence-electron chi connectivity index (χ0n) is 28.0. The van der Waals surface area contributed by atoms with Gasteiger partial charge in [-0.3, -0.25) is 14.4 Å². The maximum atomic E-state index is 14.1. The summed E-state index contributed by atoms with van der Waals surface area (Å²) < 4.78 is 15.9. The van der Waals surface area contributed by atoms with Crippen molar-refractivity contribution in [1.82, 2.24) is 29.6 Å². The molecule has 0 saturated carbocycles. The number of carbonyl (C=O) groups is 3. The molecule has 13 heteroatoms. The first-order valence-electron chi connectivity index (χ1n) is 17.6. The Morgan fingerprint density at radius 2 is 1.57 bits per heavy atom. The number of piperazine rings is 1. The Labute approximate surface area is 293 Å². The molecule has 4 aliphatic rings. The SMILES string of the molecule is O=C1c2ccc(N3CCN(c4cccc(-c5cnc6ccc(N7CCC[C@@H]7c7cccc(F)c7)nn56)n4)CC3)cc2CN1N1C(=O)CCCC1=O. The highest BCUT2D eigenvalue weighted by atomic mass is 19.1. The van der Waals surface area contributed by atoms with Crippen LogP contribution in [0.2, 0.25) is 0 Å². The highest BCUT2D eigenvalue weighted by Crippen LogP contribution is 2.36. The van der Waals surface area contributed by atoms with Crippen LogP contribution in [0, 0.1) is 5.82 Å². The molecule has 12 nitrogen and oxygen atoms in total. The van der Waals surface area contributed by atoms with E-state index in [0.717, 1.165) is 96.1 Å². The highest BCUT2D eigenvalue weighted by Gasteiger charge is 2.39. The van der Waals surface area contributed by atoms with Crippen molar-refractivity contribution in [1.29, 1.82) is 0 Å². The largest absolute Gasteiger partial charge is 0.368 e. The molecule has 5 aromatic rings. The quantitative estimate of drug-likeness (QED) is 0.228. The van der Waals surface area contributed by atoms with Gasteiger partial charge in [-0.05, 0) is 85.0 Å². The minimum atomic E-state index is -0.318. The van der Waals surface area contributed by atoms with Crippen LogP contribution >= 0.6 is 0 Å². The van der Waals surface area contributed by atoms with E-state index in [1.54, 1.807) is 18.3 Å². The van der Waals surface area contributed by atoms with Crippen LogP contribution in [-0.2, 0) is 16.1 Å². The molecule has 0 radical (unpaired) electrons. The summed E-state index contributed by atoms with van der Waals surface area (Å²) in [6.45, 7) is 4.07. The number of imide groups is 1. The van der Waals surface area contributed by atoms with E-state index in [-0.39, 0.29) is 49.0 Å². The topological polar surface area (TPSA) is 110 Å². The third-order valence-electron chi connectivity index (χ3n) is 10.5. The summed E-state index contributed by atoms with van der Waals surface area (Å²) in [7, 11) is 0. The molecule has 3 saturated heterocycles. The third kappa shape index (κ3) is 5.53. The van der Waals surface area contributed by atoms with Crippen LogP contribution in [0.25, 0.3) is 17.0 Å². The van der Waals surface area contributed by atoms with E-state index in [1.165, 1.54) is 11.1 Å². The number of halogens is 1. The molecule has 0 aliphatic carbocycles. The van der Waals surface area contributed by atoms with Crippen LogP contribution in [0.4, 0.5) is 21.7 Å². The Morgan fingerprint density at radius 3 is 2.39 bits per heavy atom. The van der Waals surface area contributed by atoms with Gasteiger partial charge in [-0.2, -0.15) is 5.01 Å². The van der Waals surface area contributed by atoms with Crippen LogP contribution in [0.3, 0.4) is 0 Å². The molecule has 3 fully saturated rings. The van der Waals surface area contributed by atoms with Gasteiger partial charge in [0, 0.05) is 56.8 Å². The van der Waals surface area contributed by atoms with Crippen LogP contribution in [-0.4, -0.2) is 80.0 Å². The number of amides is 3. The highest BCUT2D eigenvalue weighted by molar-refractivity contribution is 6.04. The van der Waals surface area contributed by atoms with Crippen LogP contribution in [0.15, 0.2) is 79.0 Å². The Bertz CT molecular complexity index is 2180. The first kappa shape index (κ1) is 31.2. The molecule has 3 amide bonds. The standard InChI is InChI=1S/C38H36FN9O3/c39-27-6-1-5-25(21-27)31-8-4-16-45(31)35-15-14-33-40-23-32(47(33)42-35)30-7-2-9-34(41-30)44-19-17-43(18-20-44)28-12-13-29-26(22-28)24-46(38(29)51)48-36(49)10-3-11-37(48)50/h1-2,5-7,9,12-15,21-23,31H,3-4,8,10-11,16-20,24H2/t31-/m1/s1.